The van der Waals surface area contributed by atoms with E-state index in [4.69, 9.17) is 16.6 Å². The molecule has 1 aliphatic heterocycles. The number of halogens is 2. The number of carboxylic acids is 1. The molecule has 0 saturated heterocycles. The molecular weight excluding hydrogens is 423 g/mol. The van der Waals surface area contributed by atoms with Crippen molar-refractivity contribution >= 4 is 40.4 Å². The van der Waals surface area contributed by atoms with Crippen molar-refractivity contribution < 1.29 is 14.3 Å². The molecule has 0 fully saturated rings. The van der Waals surface area contributed by atoms with Gasteiger partial charge in [0.25, 0.3) is 0 Å². The lowest BCUT2D eigenvalue weighted by Gasteiger charge is -2.25. The Hall–Kier alpha value is -2.05. The Morgan fingerprint density at radius 3 is 2.80 bits per heavy atom. The summed E-state index contributed by atoms with van der Waals surface area (Å²) in [6, 6.07) is 6.43. The highest BCUT2D eigenvalue weighted by Crippen LogP contribution is 2.48. The van der Waals surface area contributed by atoms with Crippen LogP contribution >= 0.6 is 23.4 Å². The van der Waals surface area contributed by atoms with E-state index in [1.807, 2.05) is 12.3 Å². The van der Waals surface area contributed by atoms with Crippen LogP contribution in [0.25, 0.3) is 11.0 Å². The van der Waals surface area contributed by atoms with Crippen LogP contribution in [-0.2, 0) is 16.8 Å². The number of carboxylic acid groups (broad SMARTS) is 1. The molecule has 0 aliphatic carbocycles. The van der Waals surface area contributed by atoms with Gasteiger partial charge in [0.15, 0.2) is 0 Å². The third-order valence-corrected chi connectivity index (χ3v) is 7.21. The van der Waals surface area contributed by atoms with Gasteiger partial charge >= 0.3 is 5.97 Å². The molecule has 0 spiro atoms. The van der Waals surface area contributed by atoms with Gasteiger partial charge in [0.2, 0.25) is 0 Å². The minimum atomic E-state index is -0.807. The zero-order valence-electron chi connectivity index (χ0n) is 17.2. The molecule has 0 radical (unpaired) electrons. The number of rotatable bonds is 4. The van der Waals surface area contributed by atoms with Crippen LogP contribution in [0.4, 0.5) is 4.39 Å². The summed E-state index contributed by atoms with van der Waals surface area (Å²) in [6.45, 7) is 7.28. The largest absolute Gasteiger partial charge is 0.481 e. The fourth-order valence-corrected chi connectivity index (χ4v) is 5.79. The van der Waals surface area contributed by atoms with E-state index in [1.54, 1.807) is 6.07 Å². The normalized spacial score (nSPS) is 16.6. The molecule has 0 bridgehead atoms. The Morgan fingerprint density at radius 2 is 2.13 bits per heavy atom. The fraction of sp³-hybridized carbons (Fsp3) is 0.391. The first-order chi connectivity index (χ1) is 14.2. The second-order valence-corrected chi connectivity index (χ2v) is 10.2. The lowest BCUT2D eigenvalue weighted by Crippen LogP contribution is -2.18. The minimum Gasteiger partial charge on any atom is -0.481 e. The molecule has 158 valence electrons. The van der Waals surface area contributed by atoms with Gasteiger partial charge in [0, 0.05) is 39.5 Å². The molecule has 1 N–H and O–H groups in total. The molecule has 1 aromatic carbocycles. The predicted octanol–water partition coefficient (Wildman–Crippen LogP) is 6.63. The number of aromatic nitrogens is 2. The van der Waals surface area contributed by atoms with Crippen LogP contribution in [0.1, 0.15) is 57.2 Å². The first-order valence-corrected chi connectivity index (χ1v) is 11.2. The second-order valence-electron chi connectivity index (χ2n) is 8.79. The zero-order valence-corrected chi connectivity index (χ0v) is 18.8. The summed E-state index contributed by atoms with van der Waals surface area (Å²) in [4.78, 5) is 18.0. The van der Waals surface area contributed by atoms with E-state index < -0.39 is 5.97 Å². The standard InChI is InChI=1S/C23H24ClFN2O2S/c1-23(2,3)15-8-9-26-22-19(15)21(30-17-7-6-14(25)12-16(17)24)20-13(11-18(28)29)5-4-10-27(20)22/h6-9,12-13H,4-5,10-11H2,1-3H3,(H,28,29). The Morgan fingerprint density at radius 1 is 1.37 bits per heavy atom. The van der Waals surface area contributed by atoms with Gasteiger partial charge in [0.05, 0.1) is 11.4 Å². The number of hydrogen-bond donors (Lipinski definition) is 1. The second kappa shape index (κ2) is 7.89. The van der Waals surface area contributed by atoms with Gasteiger partial charge in [-0.05, 0) is 48.1 Å². The van der Waals surface area contributed by atoms with Gasteiger partial charge in [0.1, 0.15) is 11.5 Å². The van der Waals surface area contributed by atoms with Crippen molar-refractivity contribution in [2.24, 2.45) is 0 Å². The number of nitrogens with zero attached hydrogens (tertiary/aromatic N) is 2. The first-order valence-electron chi connectivity index (χ1n) is 10.0. The van der Waals surface area contributed by atoms with Crippen molar-refractivity contribution in [3.63, 3.8) is 0 Å². The Kier molecular flexibility index (Phi) is 5.58. The number of fused-ring (bicyclic) bond motifs is 3. The number of benzene rings is 1. The van der Waals surface area contributed by atoms with E-state index in [1.165, 1.54) is 23.9 Å². The topological polar surface area (TPSA) is 55.1 Å². The maximum absolute atomic E-state index is 13.6. The fourth-order valence-electron chi connectivity index (χ4n) is 4.31. The molecule has 30 heavy (non-hydrogen) atoms. The summed E-state index contributed by atoms with van der Waals surface area (Å²) >= 11 is 7.84. The highest BCUT2D eigenvalue weighted by Gasteiger charge is 2.33. The molecule has 3 aromatic rings. The molecule has 0 amide bonds. The molecule has 3 heterocycles. The van der Waals surface area contributed by atoms with Crippen LogP contribution in [0, 0.1) is 5.82 Å². The quantitative estimate of drug-likeness (QED) is 0.488. The summed E-state index contributed by atoms with van der Waals surface area (Å²) in [6.07, 6.45) is 3.64. The van der Waals surface area contributed by atoms with Crippen LogP contribution in [0.15, 0.2) is 40.3 Å². The number of aliphatic carboxylic acids is 1. The van der Waals surface area contributed by atoms with Crippen LogP contribution in [0.5, 0.6) is 0 Å². The van der Waals surface area contributed by atoms with Crippen molar-refractivity contribution in [3.05, 3.63) is 52.6 Å². The van der Waals surface area contributed by atoms with Crippen molar-refractivity contribution in [3.8, 4) is 0 Å². The van der Waals surface area contributed by atoms with E-state index in [-0.39, 0.29) is 23.6 Å². The summed E-state index contributed by atoms with van der Waals surface area (Å²) in [5.41, 5.74) is 2.92. The monoisotopic (exact) mass is 446 g/mol. The van der Waals surface area contributed by atoms with Gasteiger partial charge in [-0.1, -0.05) is 44.1 Å². The lowest BCUT2D eigenvalue weighted by molar-refractivity contribution is -0.137. The van der Waals surface area contributed by atoms with Gasteiger partial charge in [-0.2, -0.15) is 0 Å². The van der Waals surface area contributed by atoms with E-state index in [0.29, 0.717) is 5.02 Å². The van der Waals surface area contributed by atoms with Crippen molar-refractivity contribution in [1.82, 2.24) is 9.55 Å². The maximum atomic E-state index is 13.6. The molecule has 1 aliphatic rings. The minimum absolute atomic E-state index is 0.0753. The highest BCUT2D eigenvalue weighted by molar-refractivity contribution is 7.99. The molecule has 2 aromatic heterocycles. The van der Waals surface area contributed by atoms with Crippen molar-refractivity contribution in [2.75, 3.05) is 0 Å². The molecular formula is C23H24ClFN2O2S. The van der Waals surface area contributed by atoms with Gasteiger partial charge in [-0.3, -0.25) is 4.79 Å². The number of aryl methyl sites for hydroxylation is 1. The van der Waals surface area contributed by atoms with Gasteiger partial charge in [-0.15, -0.1) is 0 Å². The van der Waals surface area contributed by atoms with Crippen LogP contribution in [0.3, 0.4) is 0 Å². The van der Waals surface area contributed by atoms with Gasteiger partial charge < -0.3 is 9.67 Å². The number of pyridine rings is 1. The van der Waals surface area contributed by atoms with Crippen molar-refractivity contribution in [2.45, 2.75) is 67.7 Å². The average molecular weight is 447 g/mol. The summed E-state index contributed by atoms with van der Waals surface area (Å²) in [5.74, 6) is -1.28. The average Bonchev–Trinajstić information content (AvgIpc) is 2.98. The summed E-state index contributed by atoms with van der Waals surface area (Å²) in [5, 5.41) is 10.9. The van der Waals surface area contributed by atoms with Gasteiger partial charge in [-0.25, -0.2) is 9.37 Å². The van der Waals surface area contributed by atoms with E-state index in [0.717, 1.165) is 51.5 Å². The van der Waals surface area contributed by atoms with Crippen molar-refractivity contribution in [1.29, 1.82) is 0 Å². The van der Waals surface area contributed by atoms with Crippen LogP contribution in [0.2, 0.25) is 5.02 Å². The lowest BCUT2D eigenvalue weighted by atomic mass is 9.85. The predicted molar refractivity (Wildman–Crippen MR) is 118 cm³/mol. The third kappa shape index (κ3) is 3.83. The summed E-state index contributed by atoms with van der Waals surface area (Å²) in [7, 11) is 0. The number of carbonyl (C=O) groups is 1. The third-order valence-electron chi connectivity index (χ3n) is 5.59. The van der Waals surface area contributed by atoms with Crippen LogP contribution < -0.4 is 0 Å². The molecule has 4 nitrogen and oxygen atoms in total. The van der Waals surface area contributed by atoms with E-state index in [2.05, 4.69) is 25.3 Å². The molecule has 0 saturated carbocycles. The molecule has 1 unspecified atom stereocenters. The Balaban J connectivity index is 2.01. The number of hydrogen-bond acceptors (Lipinski definition) is 3. The molecule has 7 heteroatoms. The smallest absolute Gasteiger partial charge is 0.304 e. The maximum Gasteiger partial charge on any atom is 0.304 e. The molecule has 4 rings (SSSR count). The van der Waals surface area contributed by atoms with E-state index >= 15 is 0 Å². The molecule has 1 atom stereocenters. The van der Waals surface area contributed by atoms with Crippen LogP contribution in [-0.4, -0.2) is 20.6 Å². The highest BCUT2D eigenvalue weighted by atomic mass is 35.5. The Labute approximate surface area is 184 Å². The Bertz CT molecular complexity index is 1140. The zero-order chi connectivity index (χ0) is 21.6. The van der Waals surface area contributed by atoms with E-state index in [9.17, 15) is 14.3 Å². The SMILES string of the molecule is CC(C)(C)c1ccnc2c1c(Sc1ccc(F)cc1Cl)c1n2CCCC1CC(=O)O. The summed E-state index contributed by atoms with van der Waals surface area (Å²) < 4.78 is 15.8. The first kappa shape index (κ1) is 21.2.